The maximum atomic E-state index is 12.5. The molecule has 4 aliphatic carbocycles. The first kappa shape index (κ1) is 32.4. The molecule has 0 spiro atoms. The van der Waals surface area contributed by atoms with Crippen molar-refractivity contribution in [3.63, 3.8) is 0 Å². The molecule has 0 amide bonds. The summed E-state index contributed by atoms with van der Waals surface area (Å²) >= 11 is 0. The quantitative estimate of drug-likeness (QED) is 0.184. The third-order valence-electron chi connectivity index (χ3n) is 12.2. The first-order valence-electron chi connectivity index (χ1n) is 15.4. The van der Waals surface area contributed by atoms with Crippen LogP contribution in [0.4, 0.5) is 0 Å². The third kappa shape index (κ3) is 5.28. The van der Waals surface area contributed by atoms with Gasteiger partial charge >= 0.3 is 11.9 Å². The second kappa shape index (κ2) is 11.5. The summed E-state index contributed by atoms with van der Waals surface area (Å²) in [6.45, 7) is 13.4. The molecular formula is C32H52O9. The number of carboxylic acid groups (broad SMARTS) is 1. The van der Waals surface area contributed by atoms with Gasteiger partial charge in [0.1, 0.15) is 30.2 Å². The molecule has 0 aromatic carbocycles. The van der Waals surface area contributed by atoms with Gasteiger partial charge in [0.15, 0.2) is 0 Å². The van der Waals surface area contributed by atoms with Crippen molar-refractivity contribution in [2.75, 3.05) is 13.9 Å². The molecule has 0 aromatic heterocycles. The summed E-state index contributed by atoms with van der Waals surface area (Å²) in [4.78, 5) is 23.6. The zero-order valence-corrected chi connectivity index (χ0v) is 26.1. The summed E-state index contributed by atoms with van der Waals surface area (Å²) < 4.78 is 23.3. The van der Waals surface area contributed by atoms with Crippen molar-refractivity contribution in [1.82, 2.24) is 0 Å². The van der Waals surface area contributed by atoms with Crippen LogP contribution in [0.5, 0.6) is 0 Å². The number of aliphatic carboxylic acids is 1. The topological polar surface area (TPSA) is 132 Å². The number of carboxylic acids is 1. The lowest BCUT2D eigenvalue weighted by Gasteiger charge is -2.58. The maximum Gasteiger partial charge on any atom is 0.328 e. The van der Waals surface area contributed by atoms with Crippen LogP contribution >= 0.6 is 0 Å². The highest BCUT2D eigenvalue weighted by Crippen LogP contribution is 2.67. The van der Waals surface area contributed by atoms with Gasteiger partial charge < -0.3 is 34.3 Å². The van der Waals surface area contributed by atoms with Crippen LogP contribution < -0.4 is 0 Å². The highest BCUT2D eigenvalue weighted by molar-refractivity contribution is 5.80. The van der Waals surface area contributed by atoms with E-state index in [-0.39, 0.29) is 24.7 Å². The van der Waals surface area contributed by atoms with Gasteiger partial charge in [0, 0.05) is 37.9 Å². The zero-order valence-electron chi connectivity index (χ0n) is 26.1. The van der Waals surface area contributed by atoms with E-state index in [9.17, 15) is 24.9 Å². The first-order valence-corrected chi connectivity index (χ1v) is 15.4. The van der Waals surface area contributed by atoms with Crippen molar-refractivity contribution in [3.8, 4) is 0 Å². The van der Waals surface area contributed by atoms with Gasteiger partial charge in [0.05, 0.1) is 11.7 Å². The fraction of sp³-hybridized carbons (Fsp3) is 0.875. The fourth-order valence-electron chi connectivity index (χ4n) is 9.32. The number of aliphatic hydroxyl groups excluding tert-OH is 1. The molecule has 0 aromatic rings. The van der Waals surface area contributed by atoms with E-state index in [2.05, 4.69) is 20.8 Å². The standard InChI is InChI=1S/C32H52O9/c1-9-22(39-17-40-31(7)28(36)30(31,6)38-8)15-21-10-11-24-23(19(21)3)12-13-29(5)27(18(2)14-26(34)35)25(41-20(4)33)16-32(24,29)37/h14,19,21-25,27-28,36-37H,9-13,15-17H2,1-8H3,(H,34,35)/b18-14+/t19?,21-,22?,23-,24?,25?,27?,28?,29?,30-,31+,32?/m0/s1. The van der Waals surface area contributed by atoms with Gasteiger partial charge in [-0.3, -0.25) is 4.79 Å². The SMILES string of the molecule is CCC(C[C@@H]1CCC2[C@@H](CCC3(C)C(/C(C)=C/C(=O)O)C(OC(C)=O)CC23O)C1C)OCO[C@]1(C)C(O)[C@]1(C)OC. The summed E-state index contributed by atoms with van der Waals surface area (Å²) in [6, 6.07) is 0. The van der Waals surface area contributed by atoms with Crippen LogP contribution in [0.15, 0.2) is 11.6 Å². The summed E-state index contributed by atoms with van der Waals surface area (Å²) in [5.74, 6) is -0.581. The number of carbonyl (C=O) groups is 2. The highest BCUT2D eigenvalue weighted by atomic mass is 16.7. The van der Waals surface area contributed by atoms with E-state index in [0.29, 0.717) is 29.7 Å². The van der Waals surface area contributed by atoms with Crippen molar-refractivity contribution < 1.29 is 43.9 Å². The molecule has 9 nitrogen and oxygen atoms in total. The Morgan fingerprint density at radius 2 is 1.78 bits per heavy atom. The minimum atomic E-state index is -1.05. The predicted octanol–water partition coefficient (Wildman–Crippen LogP) is 4.48. The molecule has 4 aliphatic rings. The molecule has 12 atom stereocenters. The number of carbonyl (C=O) groups excluding carboxylic acids is 1. The van der Waals surface area contributed by atoms with E-state index in [4.69, 9.17) is 18.9 Å². The van der Waals surface area contributed by atoms with Gasteiger partial charge in [-0.1, -0.05) is 26.3 Å². The zero-order chi connectivity index (χ0) is 30.5. The molecule has 0 bridgehead atoms. The van der Waals surface area contributed by atoms with E-state index in [1.807, 2.05) is 13.8 Å². The molecule has 0 radical (unpaired) electrons. The van der Waals surface area contributed by atoms with Gasteiger partial charge in [-0.05, 0) is 83.0 Å². The van der Waals surface area contributed by atoms with Crippen molar-refractivity contribution in [2.24, 2.45) is 35.0 Å². The Bertz CT molecular complexity index is 1030. The molecule has 4 saturated carbocycles. The largest absolute Gasteiger partial charge is 0.478 e. The Labute approximate surface area is 244 Å². The molecule has 41 heavy (non-hydrogen) atoms. The van der Waals surface area contributed by atoms with Crippen molar-refractivity contribution in [1.29, 1.82) is 0 Å². The number of hydrogen-bond donors (Lipinski definition) is 3. The van der Waals surface area contributed by atoms with Crippen LogP contribution in [0, 0.1) is 35.0 Å². The van der Waals surface area contributed by atoms with E-state index < -0.39 is 46.4 Å². The average Bonchev–Trinajstić information content (AvgIpc) is 3.18. The molecule has 8 unspecified atom stereocenters. The van der Waals surface area contributed by atoms with Crippen molar-refractivity contribution in [2.45, 2.75) is 129 Å². The van der Waals surface area contributed by atoms with Crippen LogP contribution in [0.2, 0.25) is 0 Å². The number of aliphatic hydroxyl groups is 2. The van der Waals surface area contributed by atoms with Crippen LogP contribution in [0.25, 0.3) is 0 Å². The van der Waals surface area contributed by atoms with Crippen molar-refractivity contribution in [3.05, 3.63) is 11.6 Å². The minimum Gasteiger partial charge on any atom is -0.478 e. The predicted molar refractivity (Wildman–Crippen MR) is 152 cm³/mol. The molecule has 3 N–H and O–H groups in total. The molecule has 0 saturated heterocycles. The van der Waals surface area contributed by atoms with E-state index >= 15 is 0 Å². The number of esters is 1. The summed E-state index contributed by atoms with van der Waals surface area (Å²) in [5, 5.41) is 32.2. The lowest BCUT2D eigenvalue weighted by Crippen LogP contribution is -2.59. The molecule has 0 aliphatic heterocycles. The molecule has 9 heteroatoms. The molecular weight excluding hydrogens is 528 g/mol. The Balaban J connectivity index is 1.44. The second-order valence-corrected chi connectivity index (χ2v) is 13.9. The van der Waals surface area contributed by atoms with Gasteiger partial charge in [-0.2, -0.15) is 0 Å². The second-order valence-electron chi connectivity index (χ2n) is 13.9. The minimum absolute atomic E-state index is 0.0252. The number of hydrogen-bond acceptors (Lipinski definition) is 8. The number of fused-ring (bicyclic) bond motifs is 3. The number of rotatable bonds is 11. The molecule has 4 rings (SSSR count). The van der Waals surface area contributed by atoms with E-state index in [1.165, 1.54) is 13.0 Å². The summed E-state index contributed by atoms with van der Waals surface area (Å²) in [7, 11) is 1.58. The van der Waals surface area contributed by atoms with Gasteiger partial charge in [-0.15, -0.1) is 0 Å². The average molecular weight is 581 g/mol. The molecule has 0 heterocycles. The Hall–Kier alpha value is -1.52. The van der Waals surface area contributed by atoms with Gasteiger partial charge in [0.25, 0.3) is 0 Å². The van der Waals surface area contributed by atoms with Gasteiger partial charge in [0.2, 0.25) is 0 Å². The first-order chi connectivity index (χ1) is 19.1. The summed E-state index contributed by atoms with van der Waals surface area (Å²) in [5.41, 5.74) is -2.49. The molecule has 4 fully saturated rings. The van der Waals surface area contributed by atoms with Crippen LogP contribution in [-0.2, 0) is 28.5 Å². The Morgan fingerprint density at radius 1 is 1.10 bits per heavy atom. The van der Waals surface area contributed by atoms with Crippen LogP contribution in [0.1, 0.15) is 93.4 Å². The molecule has 234 valence electrons. The maximum absolute atomic E-state index is 12.5. The van der Waals surface area contributed by atoms with Crippen molar-refractivity contribution >= 4 is 11.9 Å². The fourth-order valence-corrected chi connectivity index (χ4v) is 9.32. The summed E-state index contributed by atoms with van der Waals surface area (Å²) in [6.07, 6.45) is 5.60. The monoisotopic (exact) mass is 580 g/mol. The lowest BCUT2D eigenvalue weighted by molar-refractivity contribution is -0.184. The van der Waals surface area contributed by atoms with Crippen LogP contribution in [-0.4, -0.2) is 76.3 Å². The van der Waals surface area contributed by atoms with Gasteiger partial charge in [-0.25, -0.2) is 4.79 Å². The van der Waals surface area contributed by atoms with E-state index in [0.717, 1.165) is 38.5 Å². The Kier molecular flexibility index (Phi) is 9.11. The normalized spacial score (nSPS) is 46.4. The lowest BCUT2D eigenvalue weighted by atomic mass is 9.49. The number of ether oxygens (including phenoxy) is 4. The van der Waals surface area contributed by atoms with Crippen LogP contribution in [0.3, 0.4) is 0 Å². The van der Waals surface area contributed by atoms with E-state index in [1.54, 1.807) is 14.0 Å². The highest BCUT2D eigenvalue weighted by Gasteiger charge is 2.74. The third-order valence-corrected chi connectivity index (χ3v) is 12.2. The Morgan fingerprint density at radius 3 is 2.34 bits per heavy atom. The smallest absolute Gasteiger partial charge is 0.328 e. The number of methoxy groups -OCH3 is 1.